The lowest BCUT2D eigenvalue weighted by Crippen LogP contribution is -2.39. The maximum Gasteiger partial charge on any atom is 0.325 e. The average Bonchev–Trinajstić information content (AvgIpc) is 3.77. The van der Waals surface area contributed by atoms with Gasteiger partial charge in [-0.25, -0.2) is 9.36 Å². The molecule has 0 bridgehead atoms. The molecule has 0 N–H and O–H groups in total. The lowest BCUT2D eigenvalue weighted by molar-refractivity contribution is -0.157. The number of carbonyl (C=O) groups is 2. The van der Waals surface area contributed by atoms with E-state index in [4.69, 9.17) is 31.0 Å². The van der Waals surface area contributed by atoms with Crippen molar-refractivity contribution < 1.29 is 23.8 Å². The largest absolute Gasteiger partial charge is 0.476 e. The van der Waals surface area contributed by atoms with E-state index in [1.807, 2.05) is 115 Å². The smallest absolute Gasteiger partial charge is 0.325 e. The third-order valence-electron chi connectivity index (χ3n) is 10.0. The summed E-state index contributed by atoms with van der Waals surface area (Å²) in [6, 6.07) is 46.3. The van der Waals surface area contributed by atoms with Crippen molar-refractivity contribution in [2.75, 3.05) is 19.8 Å². The molecule has 0 aliphatic carbocycles. The highest BCUT2D eigenvalue weighted by molar-refractivity contribution is 6.32. The first-order valence-corrected chi connectivity index (χ1v) is 20.1. The minimum Gasteiger partial charge on any atom is -0.476 e. The van der Waals surface area contributed by atoms with E-state index in [0.29, 0.717) is 12.2 Å². The number of ether oxygens (including phenoxy) is 3. The van der Waals surface area contributed by atoms with Gasteiger partial charge in [-0.2, -0.15) is 0 Å². The van der Waals surface area contributed by atoms with Crippen molar-refractivity contribution in [3.63, 3.8) is 0 Å². The molecule has 0 unspecified atom stereocenters. The number of esters is 2. The number of benzene rings is 5. The van der Waals surface area contributed by atoms with Crippen LogP contribution in [-0.2, 0) is 31.1 Å². The number of halogens is 1. The van der Waals surface area contributed by atoms with Gasteiger partial charge in [-0.15, -0.1) is 10.2 Å². The number of carbonyl (C=O) groups excluding carboxylic acids is 2. The maximum absolute atomic E-state index is 13.8. The van der Waals surface area contributed by atoms with E-state index in [1.165, 1.54) is 0 Å². The molecule has 304 valence electrons. The Balaban J connectivity index is 1.29. The van der Waals surface area contributed by atoms with E-state index < -0.39 is 29.0 Å². The van der Waals surface area contributed by atoms with Gasteiger partial charge in [0.2, 0.25) is 5.88 Å². The van der Waals surface area contributed by atoms with Crippen LogP contribution in [0.3, 0.4) is 0 Å². The second kappa shape index (κ2) is 18.8. The van der Waals surface area contributed by atoms with Crippen molar-refractivity contribution in [1.29, 1.82) is 0 Å². The number of hydrogen-bond donors (Lipinski definition) is 0. The van der Waals surface area contributed by atoms with Gasteiger partial charge in [-0.3, -0.25) is 14.4 Å². The fraction of sp³-hybridized carbons (Fsp3) is 0.213. The van der Waals surface area contributed by atoms with Gasteiger partial charge in [-0.1, -0.05) is 158 Å². The van der Waals surface area contributed by atoms with E-state index in [-0.39, 0.29) is 42.8 Å². The summed E-state index contributed by atoms with van der Waals surface area (Å²) in [6.45, 7) is 5.29. The zero-order valence-electron chi connectivity index (χ0n) is 33.4. The Morgan fingerprint density at radius 2 is 1.22 bits per heavy atom. The van der Waals surface area contributed by atoms with Gasteiger partial charge in [0, 0.05) is 5.56 Å². The second-order valence-electron chi connectivity index (χ2n) is 13.7. The number of nitrogens with zero attached hydrogens (tertiary/aromatic N) is 6. The van der Waals surface area contributed by atoms with Crippen LogP contribution >= 0.6 is 11.6 Å². The summed E-state index contributed by atoms with van der Waals surface area (Å²) < 4.78 is 19.3. The third-order valence-corrected chi connectivity index (χ3v) is 10.4. The summed E-state index contributed by atoms with van der Waals surface area (Å²) in [4.78, 5) is 39.9. The molecule has 0 saturated heterocycles. The number of aromatic nitrogens is 6. The predicted molar refractivity (Wildman–Crippen MR) is 228 cm³/mol. The quantitative estimate of drug-likeness (QED) is 0.0534. The first kappa shape index (κ1) is 41.2. The monoisotopic (exact) mass is 822 g/mol. The van der Waals surface area contributed by atoms with Crippen molar-refractivity contribution >= 4 is 23.5 Å². The molecule has 0 spiro atoms. The summed E-state index contributed by atoms with van der Waals surface area (Å²) in [5.74, 6) is -3.07. The predicted octanol–water partition coefficient (Wildman–Crippen LogP) is 8.10. The van der Waals surface area contributed by atoms with Crippen molar-refractivity contribution in [3.05, 3.63) is 183 Å². The Hall–Kier alpha value is -6.92. The van der Waals surface area contributed by atoms with Gasteiger partial charge in [0.1, 0.15) is 10.6 Å². The van der Waals surface area contributed by atoms with Crippen LogP contribution in [0.4, 0.5) is 0 Å². The fourth-order valence-corrected chi connectivity index (χ4v) is 7.64. The summed E-state index contributed by atoms with van der Waals surface area (Å²) in [5.41, 5.74) is 4.39. The van der Waals surface area contributed by atoms with Crippen molar-refractivity contribution in [1.82, 2.24) is 30.0 Å². The molecule has 5 aromatic carbocycles. The summed E-state index contributed by atoms with van der Waals surface area (Å²) >= 11 is 6.68. The Bertz CT molecular complexity index is 2500. The second-order valence-corrected chi connectivity index (χ2v) is 14.1. The van der Waals surface area contributed by atoms with Crippen LogP contribution in [0.25, 0.3) is 22.5 Å². The van der Waals surface area contributed by atoms with E-state index >= 15 is 0 Å². The molecule has 7 aromatic rings. The number of hydrogen-bond acceptors (Lipinski definition) is 10. The Kier molecular flexibility index (Phi) is 12.9. The molecular formula is C47H43ClN6O6. The van der Waals surface area contributed by atoms with E-state index in [9.17, 15) is 14.4 Å². The Labute approximate surface area is 352 Å². The van der Waals surface area contributed by atoms with Gasteiger partial charge in [-0.05, 0) is 64.1 Å². The fourth-order valence-electron chi connectivity index (χ4n) is 7.36. The molecule has 12 nitrogen and oxygen atoms in total. The topological polar surface area (TPSA) is 140 Å². The van der Waals surface area contributed by atoms with Crippen LogP contribution in [0.15, 0.2) is 144 Å². The van der Waals surface area contributed by atoms with E-state index in [1.54, 1.807) is 13.8 Å². The number of rotatable bonds is 16. The lowest BCUT2D eigenvalue weighted by atomic mass is 9.77. The molecule has 0 aliphatic rings. The van der Waals surface area contributed by atoms with Gasteiger partial charge in [0.25, 0.3) is 5.56 Å². The van der Waals surface area contributed by atoms with Gasteiger partial charge >= 0.3 is 11.9 Å². The standard InChI is InChI=1S/C47H43ClN6O6/c1-4-30-60-43-39(40(45(56)58-5-2)46(57)59-6-3)41(48)44(55)53(50-43)31-32-26-28-33(29-27-32)37-24-16-17-25-38(37)42-49-51-52-54(42)47(34-18-10-7-11-19-34,35-20-12-8-13-21-35)36-22-14-9-15-23-36/h7-29,40H,4-6,30-31H2,1-3H3. The maximum atomic E-state index is 13.8. The highest BCUT2D eigenvalue weighted by Crippen LogP contribution is 2.43. The minimum atomic E-state index is -1.65. The summed E-state index contributed by atoms with van der Waals surface area (Å²) in [7, 11) is 0. The van der Waals surface area contributed by atoms with Gasteiger partial charge in [0.15, 0.2) is 11.7 Å². The highest BCUT2D eigenvalue weighted by Gasteiger charge is 2.42. The molecule has 0 radical (unpaired) electrons. The van der Waals surface area contributed by atoms with Crippen molar-refractivity contribution in [2.24, 2.45) is 0 Å². The van der Waals surface area contributed by atoms with Crippen molar-refractivity contribution in [3.8, 4) is 28.4 Å². The van der Waals surface area contributed by atoms with Gasteiger partial charge < -0.3 is 14.2 Å². The zero-order chi connectivity index (χ0) is 42.1. The van der Waals surface area contributed by atoms with E-state index in [2.05, 4.69) is 51.8 Å². The molecule has 7 rings (SSSR count). The molecule has 0 atom stereocenters. The summed E-state index contributed by atoms with van der Waals surface area (Å²) in [6.07, 6.45) is 0.586. The molecule has 0 fully saturated rings. The molecule has 60 heavy (non-hydrogen) atoms. The molecule has 0 aliphatic heterocycles. The van der Waals surface area contributed by atoms with Crippen LogP contribution in [0, 0.1) is 0 Å². The lowest BCUT2D eigenvalue weighted by Gasteiger charge is -2.36. The molecule has 13 heteroatoms. The summed E-state index contributed by atoms with van der Waals surface area (Å²) in [5, 5.41) is 17.8. The first-order valence-electron chi connectivity index (χ1n) is 19.7. The first-order chi connectivity index (χ1) is 29.3. The highest BCUT2D eigenvalue weighted by atomic mass is 35.5. The third kappa shape index (κ3) is 8.06. The Morgan fingerprint density at radius 3 is 1.73 bits per heavy atom. The minimum absolute atomic E-state index is 0.00462. The molecule has 0 amide bonds. The molecule has 0 saturated carbocycles. The van der Waals surface area contributed by atoms with E-state index in [0.717, 1.165) is 43.6 Å². The Morgan fingerprint density at radius 1 is 0.700 bits per heavy atom. The van der Waals surface area contributed by atoms with Crippen LogP contribution in [0.1, 0.15) is 60.9 Å². The molecule has 2 aromatic heterocycles. The molecular weight excluding hydrogens is 780 g/mol. The number of tetrazole rings is 1. The molecule has 2 heterocycles. The van der Waals surface area contributed by atoms with Crippen LogP contribution in [-0.4, -0.2) is 61.7 Å². The average molecular weight is 823 g/mol. The zero-order valence-corrected chi connectivity index (χ0v) is 34.2. The van der Waals surface area contributed by atoms with Gasteiger partial charge in [0.05, 0.1) is 31.9 Å². The normalized spacial score (nSPS) is 11.3. The SMILES string of the molecule is CCCOc1nn(Cc2ccc(-c3ccccc3-c3nnnn3C(c3ccccc3)(c3ccccc3)c3ccccc3)cc2)c(=O)c(Cl)c1C(C(=O)OCC)C(=O)OCC. The van der Waals surface area contributed by atoms with Crippen molar-refractivity contribution in [2.45, 2.75) is 45.2 Å². The van der Waals surface area contributed by atoms with Crippen LogP contribution < -0.4 is 10.3 Å². The van der Waals surface area contributed by atoms with Crippen LogP contribution in [0.2, 0.25) is 5.02 Å². The van der Waals surface area contributed by atoms with Crippen LogP contribution in [0.5, 0.6) is 5.88 Å².